The number of carbonyl (C=O) groups excluding carboxylic acids is 3. The summed E-state index contributed by atoms with van der Waals surface area (Å²) in [4.78, 5) is 37.0. The number of benzene rings is 1. The van der Waals surface area contributed by atoms with Crippen LogP contribution in [0.4, 0.5) is 13.2 Å². The molecular weight excluding hydrogens is 353 g/mol. The second-order valence-corrected chi connectivity index (χ2v) is 6.03. The summed E-state index contributed by atoms with van der Waals surface area (Å²) in [5.74, 6) is -2.79. The van der Waals surface area contributed by atoms with E-state index in [1.165, 1.54) is 0 Å². The fraction of sp³-hybridized carbons (Fsp3) is 0.471. The monoisotopic (exact) mass is 372 g/mol. The number of likely N-dealkylation sites (tertiary alicyclic amines) is 1. The van der Waals surface area contributed by atoms with Gasteiger partial charge in [-0.25, -0.2) is 0 Å². The first kappa shape index (κ1) is 19.7. The molecule has 0 unspecified atom stereocenters. The zero-order valence-electron chi connectivity index (χ0n) is 14.1. The van der Waals surface area contributed by atoms with Crippen molar-refractivity contribution in [2.45, 2.75) is 25.6 Å². The Kier molecular flexibility index (Phi) is 6.23. The molecule has 26 heavy (non-hydrogen) atoms. The Morgan fingerprint density at radius 2 is 1.96 bits per heavy atom. The molecule has 0 spiro atoms. The number of alkyl halides is 3. The number of esters is 1. The maximum Gasteiger partial charge on any atom is 0.405 e. The molecule has 2 atom stereocenters. The van der Waals surface area contributed by atoms with E-state index < -0.39 is 37.1 Å². The van der Waals surface area contributed by atoms with Gasteiger partial charge in [0.1, 0.15) is 6.54 Å². The third-order valence-corrected chi connectivity index (χ3v) is 4.07. The second-order valence-electron chi connectivity index (χ2n) is 6.03. The highest BCUT2D eigenvalue weighted by Crippen LogP contribution is 2.28. The van der Waals surface area contributed by atoms with E-state index in [9.17, 15) is 27.6 Å². The van der Waals surface area contributed by atoms with Crippen LogP contribution in [0.2, 0.25) is 0 Å². The van der Waals surface area contributed by atoms with Gasteiger partial charge in [0.25, 0.3) is 5.91 Å². The number of ether oxygens (including phenoxy) is 1. The van der Waals surface area contributed by atoms with Crippen LogP contribution in [0.15, 0.2) is 30.3 Å². The first-order valence-corrected chi connectivity index (χ1v) is 8.02. The quantitative estimate of drug-likeness (QED) is 0.773. The zero-order chi connectivity index (χ0) is 19.3. The van der Waals surface area contributed by atoms with Crippen molar-refractivity contribution in [1.82, 2.24) is 10.2 Å². The number of hydrogen-bond donors (Lipinski definition) is 1. The van der Waals surface area contributed by atoms with E-state index in [2.05, 4.69) is 0 Å². The average molecular weight is 372 g/mol. The Balaban J connectivity index is 1.84. The lowest BCUT2D eigenvalue weighted by Crippen LogP contribution is -2.37. The highest BCUT2D eigenvalue weighted by Gasteiger charge is 2.38. The molecule has 0 aliphatic carbocycles. The van der Waals surface area contributed by atoms with Crippen LogP contribution in [0, 0.1) is 5.92 Å². The normalized spacial score (nSPS) is 18.5. The Hall–Kier alpha value is -2.58. The molecule has 6 nitrogen and oxygen atoms in total. The average Bonchev–Trinajstić information content (AvgIpc) is 2.99. The van der Waals surface area contributed by atoms with E-state index in [0.29, 0.717) is 0 Å². The van der Waals surface area contributed by atoms with Gasteiger partial charge >= 0.3 is 12.1 Å². The van der Waals surface area contributed by atoms with Gasteiger partial charge in [0.05, 0.1) is 12.0 Å². The number of nitrogens with one attached hydrogen (secondary N) is 1. The molecule has 1 saturated heterocycles. The number of rotatable bonds is 6. The van der Waals surface area contributed by atoms with Crippen molar-refractivity contribution in [3.8, 4) is 0 Å². The fourth-order valence-electron chi connectivity index (χ4n) is 2.68. The van der Waals surface area contributed by atoms with Gasteiger partial charge in [-0.1, -0.05) is 30.3 Å². The minimum atomic E-state index is -4.54. The number of nitrogens with zero attached hydrogens (tertiary/aromatic N) is 1. The predicted octanol–water partition coefficient (Wildman–Crippen LogP) is 1.82. The zero-order valence-corrected chi connectivity index (χ0v) is 14.1. The Morgan fingerprint density at radius 1 is 1.31 bits per heavy atom. The third kappa shape index (κ3) is 5.47. The van der Waals surface area contributed by atoms with Crippen molar-refractivity contribution in [2.75, 3.05) is 19.7 Å². The molecule has 0 radical (unpaired) electrons. The van der Waals surface area contributed by atoms with Crippen molar-refractivity contribution < 1.29 is 32.3 Å². The van der Waals surface area contributed by atoms with Crippen LogP contribution in [0.1, 0.15) is 24.9 Å². The molecule has 0 aromatic heterocycles. The molecule has 142 valence electrons. The molecule has 9 heteroatoms. The van der Waals surface area contributed by atoms with Gasteiger partial charge in [-0.2, -0.15) is 13.2 Å². The molecule has 1 fully saturated rings. The van der Waals surface area contributed by atoms with Crippen molar-refractivity contribution in [3.63, 3.8) is 0 Å². The maximum absolute atomic E-state index is 12.2. The summed E-state index contributed by atoms with van der Waals surface area (Å²) in [6.45, 7) is -0.328. The van der Waals surface area contributed by atoms with Crippen LogP contribution in [0.3, 0.4) is 0 Å². The number of hydrogen-bond acceptors (Lipinski definition) is 4. The smallest absolute Gasteiger partial charge is 0.405 e. The van der Waals surface area contributed by atoms with E-state index >= 15 is 0 Å². The molecule has 1 aromatic rings. The van der Waals surface area contributed by atoms with Crippen LogP contribution < -0.4 is 5.32 Å². The fourth-order valence-corrected chi connectivity index (χ4v) is 2.68. The number of carbonyl (C=O) groups is 3. The number of amides is 2. The summed E-state index contributed by atoms with van der Waals surface area (Å²) in [7, 11) is 0. The SMILES string of the molecule is C[C@H](c1ccccc1)N1C[C@@H](C(=O)OCC(=O)NCC(F)(F)F)CC1=O. The molecule has 1 heterocycles. The Bertz CT molecular complexity index is 664. The second kappa shape index (κ2) is 8.20. The standard InChI is InChI=1S/C17H19F3N2O4/c1-11(12-5-3-2-4-6-12)22-8-13(7-15(22)24)16(25)26-9-14(23)21-10-17(18,19)20/h2-6,11,13H,7-10H2,1H3,(H,21,23)/t11-,13+/m1/s1. The van der Waals surface area contributed by atoms with Gasteiger partial charge in [-0.3, -0.25) is 14.4 Å². The largest absolute Gasteiger partial charge is 0.455 e. The molecule has 1 aliphatic heterocycles. The third-order valence-electron chi connectivity index (χ3n) is 4.07. The van der Waals surface area contributed by atoms with Gasteiger partial charge in [-0.05, 0) is 12.5 Å². The van der Waals surface area contributed by atoms with Crippen molar-refractivity contribution in [3.05, 3.63) is 35.9 Å². The first-order valence-electron chi connectivity index (χ1n) is 8.02. The molecular formula is C17H19F3N2O4. The first-order chi connectivity index (χ1) is 12.2. The van der Waals surface area contributed by atoms with Crippen LogP contribution >= 0.6 is 0 Å². The van der Waals surface area contributed by atoms with E-state index in [-0.39, 0.29) is 24.9 Å². The lowest BCUT2D eigenvalue weighted by molar-refractivity contribution is -0.154. The van der Waals surface area contributed by atoms with E-state index in [1.807, 2.05) is 37.3 Å². The Morgan fingerprint density at radius 3 is 2.58 bits per heavy atom. The molecule has 1 aromatic carbocycles. The van der Waals surface area contributed by atoms with E-state index in [0.717, 1.165) is 5.56 Å². The van der Waals surface area contributed by atoms with Crippen LogP contribution in [0.5, 0.6) is 0 Å². The van der Waals surface area contributed by atoms with Crippen molar-refractivity contribution >= 4 is 17.8 Å². The van der Waals surface area contributed by atoms with Gasteiger partial charge in [0, 0.05) is 13.0 Å². The molecule has 1 N–H and O–H groups in total. The summed E-state index contributed by atoms with van der Waals surface area (Å²) in [5.41, 5.74) is 0.918. The number of halogens is 3. The summed E-state index contributed by atoms with van der Waals surface area (Å²) in [6.07, 6.45) is -4.59. The van der Waals surface area contributed by atoms with E-state index in [4.69, 9.17) is 4.74 Å². The summed E-state index contributed by atoms with van der Waals surface area (Å²) in [6, 6.07) is 9.06. The lowest BCUT2D eigenvalue weighted by Gasteiger charge is -2.25. The van der Waals surface area contributed by atoms with Gasteiger partial charge in [0.15, 0.2) is 6.61 Å². The van der Waals surface area contributed by atoms with Gasteiger partial charge < -0.3 is 15.0 Å². The van der Waals surface area contributed by atoms with Gasteiger partial charge in [-0.15, -0.1) is 0 Å². The minimum Gasteiger partial charge on any atom is -0.455 e. The molecule has 0 bridgehead atoms. The predicted molar refractivity (Wildman–Crippen MR) is 84.7 cm³/mol. The summed E-state index contributed by atoms with van der Waals surface area (Å²) >= 11 is 0. The molecule has 2 amide bonds. The highest BCUT2D eigenvalue weighted by molar-refractivity contribution is 5.88. The molecule has 1 aliphatic rings. The summed E-state index contributed by atoms with van der Waals surface area (Å²) < 4.78 is 40.7. The van der Waals surface area contributed by atoms with Crippen molar-refractivity contribution in [1.29, 1.82) is 0 Å². The van der Waals surface area contributed by atoms with E-state index in [1.54, 1.807) is 10.2 Å². The minimum absolute atomic E-state index is 0.0554. The maximum atomic E-state index is 12.2. The van der Waals surface area contributed by atoms with Gasteiger partial charge in [0.2, 0.25) is 5.91 Å². The van der Waals surface area contributed by atoms with Crippen LogP contribution in [-0.4, -0.2) is 48.6 Å². The molecule has 2 rings (SSSR count). The Labute approximate surface area is 148 Å². The molecule has 0 saturated carbocycles. The van der Waals surface area contributed by atoms with Crippen LogP contribution in [-0.2, 0) is 19.1 Å². The summed E-state index contributed by atoms with van der Waals surface area (Å²) in [5, 5.41) is 1.61. The topological polar surface area (TPSA) is 75.7 Å². The van der Waals surface area contributed by atoms with Crippen molar-refractivity contribution in [2.24, 2.45) is 5.92 Å². The lowest BCUT2D eigenvalue weighted by atomic mass is 10.1. The highest BCUT2D eigenvalue weighted by atomic mass is 19.4. The van der Waals surface area contributed by atoms with Crippen LogP contribution in [0.25, 0.3) is 0 Å².